The lowest BCUT2D eigenvalue weighted by Crippen LogP contribution is -2.02. The Morgan fingerprint density at radius 2 is 2.07 bits per heavy atom. The summed E-state index contributed by atoms with van der Waals surface area (Å²) >= 11 is 5.11. The third-order valence-corrected chi connectivity index (χ3v) is 3.70. The first-order valence-corrected chi connectivity index (χ1v) is 6.96. The lowest BCUT2D eigenvalue weighted by molar-refractivity contribution is 0.213. The van der Waals surface area contributed by atoms with Gasteiger partial charge >= 0.3 is 6.72 Å². The lowest BCUT2D eigenvalue weighted by Gasteiger charge is -2.18. The predicted molar refractivity (Wildman–Crippen MR) is 59.1 cm³/mol. The molecule has 2 N–H and O–H groups in total. The van der Waals surface area contributed by atoms with E-state index in [4.69, 9.17) is 31.1 Å². The van der Waals surface area contributed by atoms with Gasteiger partial charge in [-0.2, -0.15) is 0 Å². The zero-order valence-corrected chi connectivity index (χ0v) is 10.2. The highest BCUT2D eigenvalue weighted by molar-refractivity contribution is 8.07. The fourth-order valence-corrected chi connectivity index (χ4v) is 2.82. The molecule has 8 heteroatoms. The fourth-order valence-electron chi connectivity index (χ4n) is 0.836. The van der Waals surface area contributed by atoms with Crippen molar-refractivity contribution in [2.24, 2.45) is 0 Å². The summed E-state index contributed by atoms with van der Waals surface area (Å²) in [5.41, 5.74) is 5.33. The molecule has 0 amide bonds. The molecular weight excluding hydrogens is 239 g/mol. The van der Waals surface area contributed by atoms with Crippen molar-refractivity contribution in [3.63, 3.8) is 0 Å². The third-order valence-electron chi connectivity index (χ3n) is 1.29. The van der Waals surface area contributed by atoms with E-state index in [1.165, 1.54) is 6.07 Å². The van der Waals surface area contributed by atoms with Crippen LogP contribution in [0.5, 0.6) is 5.88 Å². The first-order valence-electron chi connectivity index (χ1n) is 4.40. The SMILES string of the molecule is CCOP(=S)(OCC)Oc1cc(N)on1. The lowest BCUT2D eigenvalue weighted by atomic mass is 10.7. The van der Waals surface area contributed by atoms with E-state index in [-0.39, 0.29) is 11.8 Å². The number of hydrogen-bond donors (Lipinski definition) is 1. The maximum absolute atomic E-state index is 5.33. The number of anilines is 1. The second-order valence-electron chi connectivity index (χ2n) is 2.44. The molecule has 1 aromatic rings. The largest absolute Gasteiger partial charge is 0.402 e. The van der Waals surface area contributed by atoms with E-state index in [0.29, 0.717) is 13.2 Å². The molecule has 6 nitrogen and oxygen atoms in total. The molecule has 0 saturated carbocycles. The molecule has 0 radical (unpaired) electrons. The molecule has 0 fully saturated rings. The van der Waals surface area contributed by atoms with Gasteiger partial charge in [-0.25, -0.2) is 0 Å². The quantitative estimate of drug-likeness (QED) is 0.775. The van der Waals surface area contributed by atoms with Crippen molar-refractivity contribution >= 4 is 24.4 Å². The van der Waals surface area contributed by atoms with E-state index < -0.39 is 6.72 Å². The fraction of sp³-hybridized carbons (Fsp3) is 0.571. The number of aromatic nitrogens is 1. The molecule has 0 aromatic carbocycles. The molecule has 1 aromatic heterocycles. The number of nitrogens with two attached hydrogens (primary N) is 1. The molecule has 86 valence electrons. The van der Waals surface area contributed by atoms with Gasteiger partial charge in [0.15, 0.2) is 0 Å². The minimum atomic E-state index is -2.77. The van der Waals surface area contributed by atoms with Crippen LogP contribution in [0.4, 0.5) is 5.88 Å². The smallest absolute Gasteiger partial charge is 0.381 e. The highest BCUT2D eigenvalue weighted by Crippen LogP contribution is 2.49. The van der Waals surface area contributed by atoms with E-state index in [1.807, 2.05) is 0 Å². The topological polar surface area (TPSA) is 79.7 Å². The van der Waals surface area contributed by atoms with Crippen LogP contribution >= 0.6 is 6.72 Å². The molecule has 0 atom stereocenters. The van der Waals surface area contributed by atoms with Gasteiger partial charge in [0.25, 0.3) is 5.88 Å². The van der Waals surface area contributed by atoms with E-state index in [2.05, 4.69) is 9.68 Å². The molecule has 0 aliphatic rings. The van der Waals surface area contributed by atoms with Gasteiger partial charge in [0.2, 0.25) is 5.88 Å². The first-order chi connectivity index (χ1) is 7.09. The van der Waals surface area contributed by atoms with Gasteiger partial charge in [-0.1, -0.05) is 0 Å². The van der Waals surface area contributed by atoms with Gasteiger partial charge in [-0.3, -0.25) is 9.05 Å². The highest BCUT2D eigenvalue weighted by atomic mass is 32.5. The minimum absolute atomic E-state index is 0.152. The van der Waals surface area contributed by atoms with Crippen molar-refractivity contribution < 1.29 is 18.1 Å². The van der Waals surface area contributed by atoms with Crippen molar-refractivity contribution in [3.8, 4) is 5.88 Å². The molecule has 0 saturated heterocycles. The molecule has 15 heavy (non-hydrogen) atoms. The van der Waals surface area contributed by atoms with Gasteiger partial charge in [-0.05, 0) is 19.0 Å². The average molecular weight is 252 g/mol. The predicted octanol–water partition coefficient (Wildman–Crippen LogP) is 1.93. The van der Waals surface area contributed by atoms with Crippen molar-refractivity contribution in [3.05, 3.63) is 6.07 Å². The summed E-state index contributed by atoms with van der Waals surface area (Å²) in [6.07, 6.45) is 0. The number of rotatable bonds is 6. The summed E-state index contributed by atoms with van der Waals surface area (Å²) in [4.78, 5) is 0. The Balaban J connectivity index is 2.70. The van der Waals surface area contributed by atoms with Gasteiger partial charge in [0, 0.05) is 11.8 Å². The average Bonchev–Trinajstić information content (AvgIpc) is 2.51. The van der Waals surface area contributed by atoms with Gasteiger partial charge < -0.3 is 14.8 Å². The zero-order valence-electron chi connectivity index (χ0n) is 8.50. The summed E-state index contributed by atoms with van der Waals surface area (Å²) in [6.45, 7) is 1.65. The summed E-state index contributed by atoms with van der Waals surface area (Å²) in [6, 6.07) is 1.42. The molecule has 0 aliphatic carbocycles. The Morgan fingerprint density at radius 3 is 2.47 bits per heavy atom. The van der Waals surface area contributed by atoms with E-state index in [0.717, 1.165) is 0 Å². The molecule has 0 bridgehead atoms. The zero-order chi connectivity index (χ0) is 11.3. The molecular formula is C7H13N2O4PS. The Labute approximate surface area is 92.9 Å². The van der Waals surface area contributed by atoms with Crippen LogP contribution in [-0.4, -0.2) is 18.4 Å². The van der Waals surface area contributed by atoms with Crippen LogP contribution < -0.4 is 10.3 Å². The van der Waals surface area contributed by atoms with Crippen LogP contribution in [0.15, 0.2) is 10.6 Å². The monoisotopic (exact) mass is 252 g/mol. The van der Waals surface area contributed by atoms with Crippen LogP contribution in [0.25, 0.3) is 0 Å². The van der Waals surface area contributed by atoms with Crippen LogP contribution in [-0.2, 0) is 20.9 Å². The summed E-state index contributed by atoms with van der Waals surface area (Å²) in [5.74, 6) is 0.331. The number of hydrogen-bond acceptors (Lipinski definition) is 7. The molecule has 0 spiro atoms. The standard InChI is InChI=1S/C7H13N2O4PS/c1-3-10-14(15,11-4-2)13-7-5-6(8)12-9-7/h5H,3-4,8H2,1-2H3. The van der Waals surface area contributed by atoms with Crippen molar-refractivity contribution in [1.82, 2.24) is 5.16 Å². The maximum Gasteiger partial charge on any atom is 0.381 e. The maximum atomic E-state index is 5.33. The Kier molecular flexibility index (Phi) is 4.53. The first kappa shape index (κ1) is 12.4. The second-order valence-corrected chi connectivity index (χ2v) is 5.38. The summed E-state index contributed by atoms with van der Waals surface area (Å²) in [7, 11) is 0. The molecule has 1 heterocycles. The van der Waals surface area contributed by atoms with E-state index >= 15 is 0 Å². The van der Waals surface area contributed by atoms with Crippen molar-refractivity contribution in [2.45, 2.75) is 13.8 Å². The Morgan fingerprint density at radius 1 is 1.47 bits per heavy atom. The Bertz CT molecular complexity index is 347. The van der Waals surface area contributed by atoms with Gasteiger partial charge in [-0.15, -0.1) is 0 Å². The van der Waals surface area contributed by atoms with Crippen LogP contribution in [0, 0.1) is 0 Å². The van der Waals surface area contributed by atoms with Crippen molar-refractivity contribution in [1.29, 1.82) is 0 Å². The van der Waals surface area contributed by atoms with Crippen molar-refractivity contribution in [2.75, 3.05) is 18.9 Å². The number of nitrogen functional groups attached to an aromatic ring is 1. The van der Waals surface area contributed by atoms with Crippen LogP contribution in [0.2, 0.25) is 0 Å². The van der Waals surface area contributed by atoms with Gasteiger partial charge in [0.05, 0.1) is 19.3 Å². The minimum Gasteiger partial charge on any atom is -0.402 e. The second kappa shape index (κ2) is 5.46. The highest BCUT2D eigenvalue weighted by Gasteiger charge is 2.22. The molecule has 0 aliphatic heterocycles. The number of nitrogens with zero attached hydrogens (tertiary/aromatic N) is 1. The van der Waals surface area contributed by atoms with E-state index in [9.17, 15) is 0 Å². The van der Waals surface area contributed by atoms with E-state index in [1.54, 1.807) is 13.8 Å². The van der Waals surface area contributed by atoms with Crippen LogP contribution in [0.3, 0.4) is 0 Å². The summed E-state index contributed by atoms with van der Waals surface area (Å²) in [5, 5.41) is 3.54. The third kappa shape index (κ3) is 3.79. The Hall–Kier alpha value is -0.620. The normalized spacial score (nSPS) is 11.6. The van der Waals surface area contributed by atoms with Gasteiger partial charge in [0.1, 0.15) is 0 Å². The summed E-state index contributed by atoms with van der Waals surface area (Å²) < 4.78 is 20.4. The molecule has 0 unspecified atom stereocenters. The molecule has 1 rings (SSSR count). The van der Waals surface area contributed by atoms with Crippen LogP contribution in [0.1, 0.15) is 13.8 Å².